The Bertz CT molecular complexity index is 350. The molecule has 4 heteroatoms. The minimum absolute atomic E-state index is 0.281. The number of pyridine rings is 1. The zero-order chi connectivity index (χ0) is 12.1. The first-order chi connectivity index (χ1) is 8.27. The van der Waals surface area contributed by atoms with E-state index in [1.54, 1.807) is 12.3 Å². The topological polar surface area (TPSA) is 28.2 Å². The minimum atomic E-state index is -0.281. The highest BCUT2D eigenvalue weighted by molar-refractivity contribution is 5.35. The van der Waals surface area contributed by atoms with Gasteiger partial charge < -0.3 is 10.2 Å². The Balaban J connectivity index is 1.74. The van der Waals surface area contributed by atoms with E-state index in [1.807, 2.05) is 0 Å². The molecule has 0 saturated heterocycles. The van der Waals surface area contributed by atoms with Gasteiger partial charge in [-0.05, 0) is 32.0 Å². The summed E-state index contributed by atoms with van der Waals surface area (Å²) in [5, 5.41) is 3.04. The maximum Gasteiger partial charge on any atom is 0.165 e. The third kappa shape index (κ3) is 3.40. The average molecular weight is 237 g/mol. The molecule has 1 aromatic rings. The van der Waals surface area contributed by atoms with Crippen molar-refractivity contribution in [1.82, 2.24) is 9.88 Å². The van der Waals surface area contributed by atoms with Crippen LogP contribution in [0.3, 0.4) is 0 Å². The lowest BCUT2D eigenvalue weighted by molar-refractivity contribution is 0.254. The predicted molar refractivity (Wildman–Crippen MR) is 67.6 cm³/mol. The standard InChI is InChI=1S/C13H20FN3/c1-17(11-5-2-3-6-11)10-9-16-13-12(14)7-4-8-15-13/h4,7-8,11H,2-3,5-6,9-10H2,1H3,(H,15,16). The summed E-state index contributed by atoms with van der Waals surface area (Å²) < 4.78 is 13.3. The van der Waals surface area contributed by atoms with Gasteiger partial charge >= 0.3 is 0 Å². The van der Waals surface area contributed by atoms with Crippen LogP contribution < -0.4 is 5.32 Å². The molecule has 3 nitrogen and oxygen atoms in total. The number of hydrogen-bond donors (Lipinski definition) is 1. The second-order valence-electron chi connectivity index (χ2n) is 4.68. The van der Waals surface area contributed by atoms with E-state index in [9.17, 15) is 4.39 Å². The zero-order valence-corrected chi connectivity index (χ0v) is 10.3. The van der Waals surface area contributed by atoms with Gasteiger partial charge in [0.2, 0.25) is 0 Å². The van der Waals surface area contributed by atoms with Crippen molar-refractivity contribution in [2.75, 3.05) is 25.5 Å². The monoisotopic (exact) mass is 237 g/mol. The second kappa shape index (κ2) is 5.96. The Labute approximate surface area is 102 Å². The highest BCUT2D eigenvalue weighted by Gasteiger charge is 2.18. The first-order valence-electron chi connectivity index (χ1n) is 6.32. The molecule has 0 atom stereocenters. The van der Waals surface area contributed by atoms with E-state index in [1.165, 1.54) is 31.7 Å². The number of halogens is 1. The zero-order valence-electron chi connectivity index (χ0n) is 10.3. The molecule has 94 valence electrons. The SMILES string of the molecule is CN(CCNc1ncccc1F)C1CCCC1. The van der Waals surface area contributed by atoms with Gasteiger partial charge in [-0.3, -0.25) is 0 Å². The Kier molecular flexibility index (Phi) is 4.31. The van der Waals surface area contributed by atoms with Gasteiger partial charge in [-0.2, -0.15) is 0 Å². The molecule has 0 radical (unpaired) electrons. The third-order valence-corrected chi connectivity index (χ3v) is 3.46. The number of hydrogen-bond acceptors (Lipinski definition) is 3. The molecule has 1 saturated carbocycles. The first kappa shape index (κ1) is 12.3. The lowest BCUT2D eigenvalue weighted by Gasteiger charge is -2.24. The predicted octanol–water partition coefficient (Wildman–Crippen LogP) is 2.51. The van der Waals surface area contributed by atoms with Crippen molar-refractivity contribution in [3.63, 3.8) is 0 Å². The lowest BCUT2D eigenvalue weighted by Crippen LogP contribution is -2.33. The second-order valence-corrected chi connectivity index (χ2v) is 4.68. The van der Waals surface area contributed by atoms with Gasteiger partial charge in [0, 0.05) is 25.3 Å². The minimum Gasteiger partial charge on any atom is -0.366 e. The molecule has 0 amide bonds. The van der Waals surface area contributed by atoms with Crippen molar-refractivity contribution in [1.29, 1.82) is 0 Å². The van der Waals surface area contributed by atoms with Crippen molar-refractivity contribution in [3.05, 3.63) is 24.1 Å². The molecular formula is C13H20FN3. The Morgan fingerprint density at radius 1 is 1.47 bits per heavy atom. The number of likely N-dealkylation sites (N-methyl/N-ethyl adjacent to an activating group) is 1. The Morgan fingerprint density at radius 2 is 2.24 bits per heavy atom. The maximum atomic E-state index is 13.3. The molecule has 0 aliphatic heterocycles. The fourth-order valence-corrected chi connectivity index (χ4v) is 2.39. The Morgan fingerprint density at radius 3 is 2.94 bits per heavy atom. The van der Waals surface area contributed by atoms with Crippen molar-refractivity contribution in [3.8, 4) is 0 Å². The molecule has 0 unspecified atom stereocenters. The molecule has 17 heavy (non-hydrogen) atoms. The van der Waals surface area contributed by atoms with Gasteiger partial charge in [-0.25, -0.2) is 9.37 Å². The van der Waals surface area contributed by atoms with Crippen LogP contribution in [-0.4, -0.2) is 36.1 Å². The summed E-state index contributed by atoms with van der Waals surface area (Å²) in [6.07, 6.45) is 6.89. The number of anilines is 1. The quantitative estimate of drug-likeness (QED) is 0.853. The van der Waals surface area contributed by atoms with Crippen LogP contribution in [0.15, 0.2) is 18.3 Å². The molecule has 0 aromatic carbocycles. The summed E-state index contributed by atoms with van der Waals surface area (Å²) in [7, 11) is 2.15. The van der Waals surface area contributed by atoms with Gasteiger partial charge in [0.25, 0.3) is 0 Å². The van der Waals surface area contributed by atoms with E-state index in [2.05, 4.69) is 22.2 Å². The summed E-state index contributed by atoms with van der Waals surface area (Å²) >= 11 is 0. The number of nitrogens with one attached hydrogen (secondary N) is 1. The first-order valence-corrected chi connectivity index (χ1v) is 6.32. The molecule has 1 aliphatic carbocycles. The normalized spacial score (nSPS) is 16.6. The van der Waals surface area contributed by atoms with Crippen LogP contribution in [0.5, 0.6) is 0 Å². The molecule has 2 rings (SSSR count). The van der Waals surface area contributed by atoms with Crippen LogP contribution in [-0.2, 0) is 0 Å². The smallest absolute Gasteiger partial charge is 0.165 e. The summed E-state index contributed by atoms with van der Waals surface area (Å²) in [6, 6.07) is 3.74. The van der Waals surface area contributed by atoms with Crippen LogP contribution in [0.25, 0.3) is 0 Å². The van der Waals surface area contributed by atoms with E-state index in [-0.39, 0.29) is 5.82 Å². The van der Waals surface area contributed by atoms with Crippen LogP contribution in [0, 0.1) is 5.82 Å². The van der Waals surface area contributed by atoms with Crippen LogP contribution in [0.1, 0.15) is 25.7 Å². The summed E-state index contributed by atoms with van der Waals surface area (Å²) in [5.41, 5.74) is 0. The molecular weight excluding hydrogens is 217 g/mol. The van der Waals surface area contributed by atoms with Crippen molar-refractivity contribution < 1.29 is 4.39 Å². The van der Waals surface area contributed by atoms with Crippen LogP contribution in [0.2, 0.25) is 0 Å². The average Bonchev–Trinajstić information content (AvgIpc) is 2.85. The number of rotatable bonds is 5. The fourth-order valence-electron chi connectivity index (χ4n) is 2.39. The summed E-state index contributed by atoms with van der Waals surface area (Å²) in [6.45, 7) is 1.67. The number of aromatic nitrogens is 1. The fraction of sp³-hybridized carbons (Fsp3) is 0.615. The van der Waals surface area contributed by atoms with Gasteiger partial charge in [0.15, 0.2) is 11.6 Å². The molecule has 1 N–H and O–H groups in total. The van der Waals surface area contributed by atoms with E-state index in [4.69, 9.17) is 0 Å². The van der Waals surface area contributed by atoms with E-state index in [0.29, 0.717) is 11.9 Å². The molecule has 1 aliphatic rings. The maximum absolute atomic E-state index is 13.3. The van der Waals surface area contributed by atoms with Crippen molar-refractivity contribution in [2.45, 2.75) is 31.7 Å². The highest BCUT2D eigenvalue weighted by Crippen LogP contribution is 2.21. The van der Waals surface area contributed by atoms with Crippen molar-refractivity contribution >= 4 is 5.82 Å². The molecule has 1 heterocycles. The third-order valence-electron chi connectivity index (χ3n) is 3.46. The van der Waals surface area contributed by atoms with Gasteiger partial charge in [-0.15, -0.1) is 0 Å². The van der Waals surface area contributed by atoms with E-state index >= 15 is 0 Å². The molecule has 1 aromatic heterocycles. The molecule has 0 spiro atoms. The van der Waals surface area contributed by atoms with E-state index < -0.39 is 0 Å². The number of nitrogens with zero attached hydrogens (tertiary/aromatic N) is 2. The van der Waals surface area contributed by atoms with Gasteiger partial charge in [-0.1, -0.05) is 12.8 Å². The van der Waals surface area contributed by atoms with Crippen molar-refractivity contribution in [2.24, 2.45) is 0 Å². The van der Waals surface area contributed by atoms with Gasteiger partial charge in [0.05, 0.1) is 0 Å². The van der Waals surface area contributed by atoms with E-state index in [0.717, 1.165) is 13.1 Å². The van der Waals surface area contributed by atoms with Crippen LogP contribution >= 0.6 is 0 Å². The summed E-state index contributed by atoms with van der Waals surface area (Å²) in [4.78, 5) is 6.33. The molecule has 1 fully saturated rings. The largest absolute Gasteiger partial charge is 0.366 e. The highest BCUT2D eigenvalue weighted by atomic mass is 19.1. The summed E-state index contributed by atoms with van der Waals surface area (Å²) in [5.74, 6) is 0.0725. The Hall–Kier alpha value is -1.16. The molecule has 0 bridgehead atoms. The lowest BCUT2D eigenvalue weighted by atomic mass is 10.2. The van der Waals surface area contributed by atoms with Crippen LogP contribution in [0.4, 0.5) is 10.2 Å². The van der Waals surface area contributed by atoms with Gasteiger partial charge in [0.1, 0.15) is 0 Å².